The van der Waals surface area contributed by atoms with Gasteiger partial charge in [-0.3, -0.25) is 0 Å². The Hall–Kier alpha value is -2.14. The molecule has 5 heteroatoms. The van der Waals surface area contributed by atoms with E-state index in [4.69, 9.17) is 10.5 Å². The number of carboxylic acid groups (broad SMARTS) is 1. The van der Waals surface area contributed by atoms with Crippen molar-refractivity contribution in [2.24, 2.45) is 5.73 Å². The molecular formula is C16H21NO4. The lowest BCUT2D eigenvalue weighted by Crippen LogP contribution is -2.56. The van der Waals surface area contributed by atoms with E-state index in [1.165, 1.54) is 0 Å². The van der Waals surface area contributed by atoms with Crippen molar-refractivity contribution in [2.45, 2.75) is 38.3 Å². The molecule has 0 heterocycles. The number of carbonyl (C=O) groups is 2. The fourth-order valence-electron chi connectivity index (χ4n) is 1.57. The van der Waals surface area contributed by atoms with Gasteiger partial charge in [0.2, 0.25) is 5.54 Å². The minimum absolute atomic E-state index is 0.147. The number of nitrogens with two attached hydrogens (primary N) is 1. The van der Waals surface area contributed by atoms with Gasteiger partial charge in [0.1, 0.15) is 5.60 Å². The molecule has 0 aliphatic heterocycles. The number of esters is 1. The van der Waals surface area contributed by atoms with E-state index in [0.29, 0.717) is 0 Å². The normalized spacial score (nSPS) is 14.7. The summed E-state index contributed by atoms with van der Waals surface area (Å²) in [4.78, 5) is 23.3. The van der Waals surface area contributed by atoms with Gasteiger partial charge in [0.25, 0.3) is 0 Å². The molecule has 1 aromatic rings. The van der Waals surface area contributed by atoms with Gasteiger partial charge in [-0.25, -0.2) is 9.59 Å². The Morgan fingerprint density at radius 3 is 2.29 bits per heavy atom. The fourth-order valence-corrected chi connectivity index (χ4v) is 1.57. The maximum Gasteiger partial charge on any atom is 0.338 e. The minimum Gasteiger partial charge on any atom is -0.479 e. The van der Waals surface area contributed by atoms with Gasteiger partial charge in [0.05, 0.1) is 0 Å². The molecule has 0 radical (unpaired) electrons. The lowest BCUT2D eigenvalue weighted by Gasteiger charge is -2.27. The third-order valence-corrected chi connectivity index (χ3v) is 2.69. The Kier molecular flexibility index (Phi) is 5.27. The van der Waals surface area contributed by atoms with E-state index in [2.05, 4.69) is 0 Å². The molecule has 0 fully saturated rings. The van der Waals surface area contributed by atoms with E-state index in [0.717, 1.165) is 5.56 Å². The predicted molar refractivity (Wildman–Crippen MR) is 80.5 cm³/mol. The predicted octanol–water partition coefficient (Wildman–Crippen LogP) is 2.21. The Bertz CT molecular complexity index is 531. The number of carboxylic acids is 1. The molecule has 0 aliphatic rings. The number of benzene rings is 1. The molecule has 1 aromatic carbocycles. The lowest BCUT2D eigenvalue weighted by atomic mass is 9.95. The van der Waals surface area contributed by atoms with Crippen LogP contribution in [0.3, 0.4) is 0 Å². The molecule has 0 amide bonds. The first-order valence-electron chi connectivity index (χ1n) is 6.62. The number of ether oxygens (including phenoxy) is 1. The Balaban J connectivity index is 2.84. The van der Waals surface area contributed by atoms with Crippen molar-refractivity contribution in [2.75, 3.05) is 0 Å². The second kappa shape index (κ2) is 6.54. The van der Waals surface area contributed by atoms with E-state index >= 15 is 0 Å². The molecule has 0 saturated carbocycles. The van der Waals surface area contributed by atoms with Gasteiger partial charge in [-0.1, -0.05) is 42.5 Å². The quantitative estimate of drug-likeness (QED) is 0.641. The van der Waals surface area contributed by atoms with Crippen LogP contribution in [0.2, 0.25) is 0 Å². The van der Waals surface area contributed by atoms with Crippen LogP contribution >= 0.6 is 0 Å². The molecular weight excluding hydrogens is 270 g/mol. The highest BCUT2D eigenvalue weighted by molar-refractivity contribution is 6.04. The Morgan fingerprint density at radius 2 is 1.81 bits per heavy atom. The third kappa shape index (κ3) is 5.04. The molecule has 1 rings (SSSR count). The van der Waals surface area contributed by atoms with Crippen LogP contribution in [0.15, 0.2) is 36.4 Å². The molecule has 5 nitrogen and oxygen atoms in total. The van der Waals surface area contributed by atoms with Gasteiger partial charge >= 0.3 is 11.9 Å². The summed E-state index contributed by atoms with van der Waals surface area (Å²) in [5, 5.41) is 9.24. The van der Waals surface area contributed by atoms with Crippen LogP contribution < -0.4 is 5.73 Å². The SMILES string of the molecule is CC(C)(C)OC(=O)C(N)(CC=Cc1ccccc1)C(=O)O. The summed E-state index contributed by atoms with van der Waals surface area (Å²) in [5.41, 5.74) is 3.75. The lowest BCUT2D eigenvalue weighted by molar-refractivity contribution is -0.168. The van der Waals surface area contributed by atoms with Gasteiger partial charge in [0, 0.05) is 6.42 Å². The van der Waals surface area contributed by atoms with Crippen molar-refractivity contribution in [1.29, 1.82) is 0 Å². The van der Waals surface area contributed by atoms with E-state index in [1.54, 1.807) is 32.9 Å². The first-order valence-corrected chi connectivity index (χ1v) is 6.62. The van der Waals surface area contributed by atoms with Gasteiger partial charge in [-0.2, -0.15) is 0 Å². The van der Waals surface area contributed by atoms with Crippen molar-refractivity contribution in [3.63, 3.8) is 0 Å². The second-order valence-electron chi connectivity index (χ2n) is 5.80. The first kappa shape index (κ1) is 16.9. The van der Waals surface area contributed by atoms with Gasteiger partial charge in [-0.05, 0) is 26.3 Å². The molecule has 0 saturated heterocycles. The molecule has 0 bridgehead atoms. The van der Waals surface area contributed by atoms with Crippen molar-refractivity contribution in [3.8, 4) is 0 Å². The molecule has 0 aromatic heterocycles. The van der Waals surface area contributed by atoms with Gasteiger partial charge in [0.15, 0.2) is 0 Å². The molecule has 0 spiro atoms. The van der Waals surface area contributed by atoms with Crippen LogP contribution in [0, 0.1) is 0 Å². The minimum atomic E-state index is -2.08. The number of hydrogen-bond acceptors (Lipinski definition) is 4. The zero-order valence-corrected chi connectivity index (χ0v) is 12.5. The van der Waals surface area contributed by atoms with E-state index in [1.807, 2.05) is 30.3 Å². The average Bonchev–Trinajstić information content (AvgIpc) is 2.37. The number of rotatable bonds is 5. The summed E-state index contributed by atoms with van der Waals surface area (Å²) < 4.78 is 5.09. The molecule has 114 valence electrons. The summed E-state index contributed by atoms with van der Waals surface area (Å²) in [6.45, 7) is 4.98. The van der Waals surface area contributed by atoms with E-state index in [9.17, 15) is 14.7 Å². The third-order valence-electron chi connectivity index (χ3n) is 2.69. The first-order chi connectivity index (χ1) is 9.65. The zero-order chi connectivity index (χ0) is 16.1. The Morgan fingerprint density at radius 1 is 1.24 bits per heavy atom. The summed E-state index contributed by atoms with van der Waals surface area (Å²) in [6.07, 6.45) is 3.13. The number of carbonyl (C=O) groups excluding carboxylic acids is 1. The van der Waals surface area contributed by atoms with E-state index < -0.39 is 23.1 Å². The summed E-state index contributed by atoms with van der Waals surface area (Å²) in [7, 11) is 0. The summed E-state index contributed by atoms with van der Waals surface area (Å²) in [6, 6.07) is 9.33. The van der Waals surface area contributed by atoms with Crippen LogP contribution in [-0.2, 0) is 14.3 Å². The van der Waals surface area contributed by atoms with Crippen LogP contribution in [-0.4, -0.2) is 28.2 Å². The summed E-state index contributed by atoms with van der Waals surface area (Å²) in [5.74, 6) is -2.35. The highest BCUT2D eigenvalue weighted by Crippen LogP contribution is 2.17. The van der Waals surface area contributed by atoms with E-state index in [-0.39, 0.29) is 6.42 Å². The smallest absolute Gasteiger partial charge is 0.338 e. The summed E-state index contributed by atoms with van der Waals surface area (Å²) >= 11 is 0. The Labute approximate surface area is 124 Å². The topological polar surface area (TPSA) is 89.6 Å². The largest absolute Gasteiger partial charge is 0.479 e. The number of hydrogen-bond donors (Lipinski definition) is 2. The van der Waals surface area contributed by atoms with Gasteiger partial charge < -0.3 is 15.6 Å². The zero-order valence-electron chi connectivity index (χ0n) is 12.5. The molecule has 1 unspecified atom stereocenters. The van der Waals surface area contributed by atoms with Gasteiger partial charge in [-0.15, -0.1) is 0 Å². The van der Waals surface area contributed by atoms with Crippen molar-refractivity contribution < 1.29 is 19.4 Å². The molecule has 0 aliphatic carbocycles. The van der Waals surface area contributed by atoms with Crippen LogP contribution in [0.4, 0.5) is 0 Å². The number of aliphatic carboxylic acids is 1. The molecule has 1 atom stereocenters. The molecule has 21 heavy (non-hydrogen) atoms. The van der Waals surface area contributed by atoms with Crippen LogP contribution in [0.1, 0.15) is 32.8 Å². The van der Waals surface area contributed by atoms with Crippen molar-refractivity contribution in [3.05, 3.63) is 42.0 Å². The van der Waals surface area contributed by atoms with Crippen LogP contribution in [0.25, 0.3) is 6.08 Å². The molecule has 3 N–H and O–H groups in total. The standard InChI is InChI=1S/C16H21NO4/c1-15(2,3)21-14(20)16(17,13(18)19)11-7-10-12-8-5-4-6-9-12/h4-10H,11,17H2,1-3H3,(H,18,19). The maximum absolute atomic E-state index is 12.0. The second-order valence-corrected chi connectivity index (χ2v) is 5.80. The highest BCUT2D eigenvalue weighted by Gasteiger charge is 2.44. The highest BCUT2D eigenvalue weighted by atomic mass is 16.6. The fraction of sp³-hybridized carbons (Fsp3) is 0.375. The van der Waals surface area contributed by atoms with Crippen molar-refractivity contribution >= 4 is 18.0 Å². The van der Waals surface area contributed by atoms with Crippen LogP contribution in [0.5, 0.6) is 0 Å². The van der Waals surface area contributed by atoms with Crippen molar-refractivity contribution in [1.82, 2.24) is 0 Å². The maximum atomic E-state index is 12.0. The average molecular weight is 291 g/mol. The monoisotopic (exact) mass is 291 g/mol.